The average Bonchev–Trinajstić information content (AvgIpc) is 2.37. The van der Waals surface area contributed by atoms with Crippen molar-refractivity contribution in [3.8, 4) is 11.5 Å². The topological polar surface area (TPSA) is 47.6 Å². The van der Waals surface area contributed by atoms with E-state index in [9.17, 15) is 4.79 Å². The summed E-state index contributed by atoms with van der Waals surface area (Å²) in [4.78, 5) is 11.9. The van der Waals surface area contributed by atoms with Crippen molar-refractivity contribution in [2.75, 3.05) is 19.8 Å². The Labute approximate surface area is 108 Å². The molecule has 1 aromatic rings. The van der Waals surface area contributed by atoms with Crippen LogP contribution in [-0.4, -0.2) is 25.7 Å². The Morgan fingerprint density at radius 1 is 1.33 bits per heavy atom. The van der Waals surface area contributed by atoms with E-state index in [1.165, 1.54) is 0 Å². The van der Waals surface area contributed by atoms with Crippen LogP contribution in [0.5, 0.6) is 11.5 Å². The minimum absolute atomic E-state index is 0.179. The lowest BCUT2D eigenvalue weighted by Crippen LogP contribution is -2.23. The van der Waals surface area contributed by atoms with Crippen LogP contribution in [0.4, 0.5) is 0 Å². The summed E-state index contributed by atoms with van der Waals surface area (Å²) in [5.41, 5.74) is 0.502. The first-order chi connectivity index (χ1) is 8.72. The van der Waals surface area contributed by atoms with Gasteiger partial charge in [-0.05, 0) is 26.0 Å². The van der Waals surface area contributed by atoms with E-state index >= 15 is 0 Å². The van der Waals surface area contributed by atoms with E-state index in [1.54, 1.807) is 24.3 Å². The van der Waals surface area contributed by atoms with E-state index < -0.39 is 0 Å². The highest BCUT2D eigenvalue weighted by Gasteiger charge is 2.12. The molecule has 18 heavy (non-hydrogen) atoms. The smallest absolute Gasteiger partial charge is 0.255 e. The molecule has 0 spiro atoms. The highest BCUT2D eigenvalue weighted by atomic mass is 16.5. The molecule has 4 nitrogen and oxygen atoms in total. The third-order valence-corrected chi connectivity index (χ3v) is 2.22. The first kappa shape index (κ1) is 14.1. The van der Waals surface area contributed by atoms with Crippen molar-refractivity contribution in [3.05, 3.63) is 36.4 Å². The monoisotopic (exact) mass is 249 g/mol. The Hall–Kier alpha value is -1.97. The van der Waals surface area contributed by atoms with Gasteiger partial charge >= 0.3 is 0 Å². The van der Waals surface area contributed by atoms with E-state index in [0.717, 1.165) is 0 Å². The number of carbonyl (C=O) groups is 1. The summed E-state index contributed by atoms with van der Waals surface area (Å²) in [5, 5.41) is 2.72. The van der Waals surface area contributed by atoms with Gasteiger partial charge in [0.1, 0.15) is 11.5 Å². The summed E-state index contributed by atoms with van der Waals surface area (Å²) in [6.07, 6.45) is 1.63. The van der Waals surface area contributed by atoms with Gasteiger partial charge in [-0.3, -0.25) is 4.79 Å². The summed E-state index contributed by atoms with van der Waals surface area (Å²) in [6.45, 7) is 8.84. The van der Waals surface area contributed by atoms with Crippen LogP contribution in [0.2, 0.25) is 0 Å². The molecule has 0 saturated heterocycles. The quantitative estimate of drug-likeness (QED) is 0.755. The average molecular weight is 249 g/mol. The minimum Gasteiger partial charge on any atom is -0.494 e. The molecule has 0 radical (unpaired) electrons. The standard InChI is InChI=1S/C14H19NO3/c1-4-9-15-14(16)12-8-7-11(17-5-2)10-13(12)18-6-3/h4,7-8,10H,1,5-6,9H2,2-3H3,(H,15,16). The van der Waals surface area contributed by atoms with Crippen LogP contribution in [-0.2, 0) is 0 Å². The minimum atomic E-state index is -0.179. The van der Waals surface area contributed by atoms with Gasteiger partial charge in [-0.15, -0.1) is 6.58 Å². The largest absolute Gasteiger partial charge is 0.494 e. The van der Waals surface area contributed by atoms with Gasteiger partial charge in [-0.2, -0.15) is 0 Å². The number of ether oxygens (including phenoxy) is 2. The van der Waals surface area contributed by atoms with Gasteiger partial charge in [-0.1, -0.05) is 6.08 Å². The molecule has 4 heteroatoms. The molecule has 0 atom stereocenters. The molecule has 0 fully saturated rings. The number of amides is 1. The zero-order chi connectivity index (χ0) is 13.4. The third kappa shape index (κ3) is 3.80. The zero-order valence-corrected chi connectivity index (χ0v) is 10.9. The van der Waals surface area contributed by atoms with Crippen LogP contribution in [0, 0.1) is 0 Å². The van der Waals surface area contributed by atoms with E-state index in [2.05, 4.69) is 11.9 Å². The summed E-state index contributed by atoms with van der Waals surface area (Å²) in [7, 11) is 0. The van der Waals surface area contributed by atoms with Crippen LogP contribution in [0.15, 0.2) is 30.9 Å². The van der Waals surface area contributed by atoms with E-state index in [0.29, 0.717) is 36.8 Å². The fraction of sp³-hybridized carbons (Fsp3) is 0.357. The second-order valence-corrected chi connectivity index (χ2v) is 3.52. The maximum atomic E-state index is 11.9. The van der Waals surface area contributed by atoms with Crippen LogP contribution >= 0.6 is 0 Å². The first-order valence-electron chi connectivity index (χ1n) is 6.01. The van der Waals surface area contributed by atoms with Crippen LogP contribution in [0.3, 0.4) is 0 Å². The van der Waals surface area contributed by atoms with E-state index in [1.807, 2.05) is 13.8 Å². The molecule has 0 aliphatic heterocycles. The molecule has 0 bridgehead atoms. The molecule has 0 saturated carbocycles. The number of rotatable bonds is 7. The van der Waals surface area contributed by atoms with Crippen LogP contribution < -0.4 is 14.8 Å². The number of hydrogen-bond acceptors (Lipinski definition) is 3. The van der Waals surface area contributed by atoms with Crippen molar-refractivity contribution >= 4 is 5.91 Å². The summed E-state index contributed by atoms with van der Waals surface area (Å²) < 4.78 is 10.8. The van der Waals surface area contributed by atoms with Gasteiger partial charge in [-0.25, -0.2) is 0 Å². The lowest BCUT2D eigenvalue weighted by atomic mass is 10.1. The van der Waals surface area contributed by atoms with Gasteiger partial charge in [0, 0.05) is 12.6 Å². The molecule has 0 aliphatic carbocycles. The van der Waals surface area contributed by atoms with E-state index in [4.69, 9.17) is 9.47 Å². The van der Waals surface area contributed by atoms with Crippen molar-refractivity contribution < 1.29 is 14.3 Å². The van der Waals surface area contributed by atoms with Gasteiger partial charge in [0.2, 0.25) is 0 Å². The number of nitrogens with one attached hydrogen (secondary N) is 1. The van der Waals surface area contributed by atoms with E-state index in [-0.39, 0.29) is 5.91 Å². The highest BCUT2D eigenvalue weighted by Crippen LogP contribution is 2.25. The Morgan fingerprint density at radius 2 is 2.06 bits per heavy atom. The summed E-state index contributed by atoms with van der Waals surface area (Å²) in [6, 6.07) is 5.19. The molecular formula is C14H19NO3. The maximum absolute atomic E-state index is 11.9. The molecule has 1 amide bonds. The Kier molecular flexibility index (Phi) is 5.77. The molecule has 0 aliphatic rings. The van der Waals surface area contributed by atoms with Crippen LogP contribution in [0.25, 0.3) is 0 Å². The summed E-state index contributed by atoms with van der Waals surface area (Å²) >= 11 is 0. The third-order valence-electron chi connectivity index (χ3n) is 2.22. The van der Waals surface area contributed by atoms with Crippen molar-refractivity contribution in [3.63, 3.8) is 0 Å². The first-order valence-corrected chi connectivity index (χ1v) is 6.01. The van der Waals surface area contributed by atoms with Gasteiger partial charge in [0.15, 0.2) is 0 Å². The molecule has 0 unspecified atom stereocenters. The van der Waals surface area contributed by atoms with Crippen LogP contribution in [0.1, 0.15) is 24.2 Å². The molecular weight excluding hydrogens is 230 g/mol. The van der Waals surface area contributed by atoms with Crippen molar-refractivity contribution in [2.24, 2.45) is 0 Å². The number of benzene rings is 1. The van der Waals surface area contributed by atoms with Crippen molar-refractivity contribution in [1.82, 2.24) is 5.32 Å². The SMILES string of the molecule is C=CCNC(=O)c1ccc(OCC)cc1OCC. The number of hydrogen-bond donors (Lipinski definition) is 1. The lowest BCUT2D eigenvalue weighted by molar-refractivity contribution is 0.0954. The lowest BCUT2D eigenvalue weighted by Gasteiger charge is -2.12. The van der Waals surface area contributed by atoms with Gasteiger partial charge in [0.05, 0.1) is 18.8 Å². The Balaban J connectivity index is 2.94. The van der Waals surface area contributed by atoms with Crippen molar-refractivity contribution in [1.29, 1.82) is 0 Å². The van der Waals surface area contributed by atoms with Crippen molar-refractivity contribution in [2.45, 2.75) is 13.8 Å². The fourth-order valence-electron chi connectivity index (χ4n) is 1.48. The highest BCUT2D eigenvalue weighted by molar-refractivity contribution is 5.97. The normalized spacial score (nSPS) is 9.67. The predicted molar refractivity (Wildman–Crippen MR) is 71.3 cm³/mol. The molecule has 1 aromatic carbocycles. The molecule has 1 N–H and O–H groups in total. The molecule has 1 rings (SSSR count). The Bertz CT molecular complexity index is 416. The second kappa shape index (κ2) is 7.37. The Morgan fingerprint density at radius 3 is 2.67 bits per heavy atom. The molecule has 0 heterocycles. The predicted octanol–water partition coefficient (Wildman–Crippen LogP) is 2.40. The second-order valence-electron chi connectivity index (χ2n) is 3.52. The fourth-order valence-corrected chi connectivity index (χ4v) is 1.48. The number of carbonyl (C=O) groups excluding carboxylic acids is 1. The maximum Gasteiger partial charge on any atom is 0.255 e. The molecule has 0 aromatic heterocycles. The summed E-state index contributed by atoms with van der Waals surface area (Å²) in [5.74, 6) is 1.05. The van der Waals surface area contributed by atoms with Gasteiger partial charge < -0.3 is 14.8 Å². The zero-order valence-electron chi connectivity index (χ0n) is 10.9. The van der Waals surface area contributed by atoms with Gasteiger partial charge in [0.25, 0.3) is 5.91 Å². The molecule has 98 valence electrons.